The number of hydrogen-bond acceptors (Lipinski definition) is 7. The van der Waals surface area contributed by atoms with Crippen LogP contribution in [0.1, 0.15) is 42.4 Å². The number of nitrogens with zero attached hydrogens (tertiary/aromatic N) is 6. The Hall–Kier alpha value is -3.94. The lowest BCUT2D eigenvalue weighted by Gasteiger charge is -2.33. The molecule has 2 aliphatic rings. The third-order valence-corrected chi connectivity index (χ3v) is 7.84. The van der Waals surface area contributed by atoms with Gasteiger partial charge in [-0.05, 0) is 51.4 Å². The highest BCUT2D eigenvalue weighted by Gasteiger charge is 2.40. The lowest BCUT2D eigenvalue weighted by Crippen LogP contribution is -2.46. The summed E-state index contributed by atoms with van der Waals surface area (Å²) in [5, 5.41) is 14.5. The molecule has 1 aliphatic heterocycles. The molecule has 1 saturated heterocycles. The standard InChI is InChI=1S/C27H30F4N8O2/c1-26(7-8-26)39-13-16(11-33-39)25(40)32-12-23-35-24(36-41-23)22-10-17-19(34-20-6-9-37(2)14-18(20)28)4-3-5-21(17)38(22)15-27(29,30)31/h3-5,10-11,13,18,20,34H,6-9,12,14-15H2,1-2H3,(H,32,40)/t18-,20+/m0/s1. The number of nitrogens with one attached hydrogen (secondary N) is 2. The third-order valence-electron chi connectivity index (χ3n) is 7.84. The number of carbonyl (C=O) groups is 1. The molecule has 14 heteroatoms. The molecule has 6 rings (SSSR count). The van der Waals surface area contributed by atoms with Crippen LogP contribution in [0.5, 0.6) is 0 Å². The predicted octanol–water partition coefficient (Wildman–Crippen LogP) is 4.34. The fraction of sp³-hybridized carbons (Fsp3) is 0.481. The molecule has 10 nitrogen and oxygen atoms in total. The van der Waals surface area contributed by atoms with Crippen molar-refractivity contribution in [1.29, 1.82) is 0 Å². The largest absolute Gasteiger partial charge is 0.406 e. The zero-order valence-corrected chi connectivity index (χ0v) is 22.6. The first kappa shape index (κ1) is 27.2. The molecule has 2 fully saturated rings. The third kappa shape index (κ3) is 5.65. The van der Waals surface area contributed by atoms with E-state index in [0.717, 1.165) is 17.4 Å². The van der Waals surface area contributed by atoms with Gasteiger partial charge in [-0.2, -0.15) is 23.3 Å². The second-order valence-electron chi connectivity index (χ2n) is 11.2. The van der Waals surface area contributed by atoms with Gasteiger partial charge in [0.05, 0.1) is 41.1 Å². The second-order valence-corrected chi connectivity index (χ2v) is 11.2. The number of halogens is 4. The van der Waals surface area contributed by atoms with Crippen molar-refractivity contribution in [3.8, 4) is 11.5 Å². The van der Waals surface area contributed by atoms with Crippen LogP contribution in [-0.2, 0) is 18.6 Å². The van der Waals surface area contributed by atoms with Gasteiger partial charge in [0.2, 0.25) is 11.7 Å². The van der Waals surface area contributed by atoms with Crippen molar-refractivity contribution in [1.82, 2.24) is 34.7 Å². The van der Waals surface area contributed by atoms with E-state index in [1.165, 1.54) is 6.20 Å². The molecule has 1 aromatic carbocycles. The minimum Gasteiger partial charge on any atom is -0.379 e. The molecular formula is C27H30F4N8O2. The molecule has 1 aliphatic carbocycles. The van der Waals surface area contributed by atoms with Crippen molar-refractivity contribution in [2.75, 3.05) is 25.5 Å². The highest BCUT2D eigenvalue weighted by Crippen LogP contribution is 2.42. The number of hydrogen-bond donors (Lipinski definition) is 2. The Bertz CT molecular complexity index is 1570. The van der Waals surface area contributed by atoms with Crippen LogP contribution in [0.2, 0.25) is 0 Å². The fourth-order valence-electron chi connectivity index (χ4n) is 5.20. The molecular weight excluding hydrogens is 544 g/mol. The number of anilines is 1. The zero-order valence-electron chi connectivity index (χ0n) is 22.6. The Balaban J connectivity index is 1.24. The minimum absolute atomic E-state index is 0.0312. The van der Waals surface area contributed by atoms with Gasteiger partial charge in [-0.3, -0.25) is 9.48 Å². The van der Waals surface area contributed by atoms with Crippen molar-refractivity contribution in [2.45, 2.75) is 63.2 Å². The van der Waals surface area contributed by atoms with Gasteiger partial charge in [0.15, 0.2) is 0 Å². The van der Waals surface area contributed by atoms with Gasteiger partial charge < -0.3 is 24.6 Å². The maximum atomic E-state index is 14.7. The van der Waals surface area contributed by atoms with Crippen LogP contribution < -0.4 is 10.6 Å². The molecule has 218 valence electrons. The summed E-state index contributed by atoms with van der Waals surface area (Å²) in [5.74, 6) is -0.413. The number of alkyl halides is 4. The Morgan fingerprint density at radius 3 is 2.80 bits per heavy atom. The van der Waals surface area contributed by atoms with E-state index in [0.29, 0.717) is 35.1 Å². The number of carbonyl (C=O) groups excluding carboxylic acids is 1. The van der Waals surface area contributed by atoms with E-state index in [1.807, 2.05) is 11.9 Å². The minimum atomic E-state index is -4.52. The van der Waals surface area contributed by atoms with E-state index in [1.54, 1.807) is 35.1 Å². The van der Waals surface area contributed by atoms with Gasteiger partial charge in [0.25, 0.3) is 5.91 Å². The Morgan fingerprint density at radius 1 is 1.27 bits per heavy atom. The van der Waals surface area contributed by atoms with Crippen LogP contribution in [0.25, 0.3) is 22.4 Å². The number of aromatic nitrogens is 5. The summed E-state index contributed by atoms with van der Waals surface area (Å²) < 4.78 is 63.8. The first-order chi connectivity index (χ1) is 19.5. The van der Waals surface area contributed by atoms with Crippen molar-refractivity contribution >= 4 is 22.5 Å². The van der Waals surface area contributed by atoms with Crippen molar-refractivity contribution in [2.24, 2.45) is 0 Å². The summed E-state index contributed by atoms with van der Waals surface area (Å²) in [7, 11) is 1.85. The number of benzene rings is 1. The number of amides is 1. The lowest BCUT2D eigenvalue weighted by atomic mass is 10.0. The summed E-state index contributed by atoms with van der Waals surface area (Å²) in [5.41, 5.74) is 1.24. The molecule has 0 spiro atoms. The SMILES string of the molecule is CN1CC[C@@H](Nc2cccc3c2cc(-c2noc(CNC(=O)c4cnn(C5(C)CC5)c4)n2)n3CC(F)(F)F)[C@@H](F)C1. The molecule has 2 atom stereocenters. The maximum Gasteiger partial charge on any atom is 0.406 e. The predicted molar refractivity (Wildman–Crippen MR) is 142 cm³/mol. The van der Waals surface area contributed by atoms with Crippen LogP contribution in [0.4, 0.5) is 23.2 Å². The summed E-state index contributed by atoms with van der Waals surface area (Å²) >= 11 is 0. The Morgan fingerprint density at radius 2 is 2.07 bits per heavy atom. The first-order valence-electron chi connectivity index (χ1n) is 13.4. The van der Waals surface area contributed by atoms with E-state index in [-0.39, 0.29) is 41.9 Å². The van der Waals surface area contributed by atoms with Crippen LogP contribution in [0, 0.1) is 0 Å². The van der Waals surface area contributed by atoms with Gasteiger partial charge in [-0.25, -0.2) is 4.39 Å². The van der Waals surface area contributed by atoms with Gasteiger partial charge in [-0.15, -0.1) is 0 Å². The first-order valence-corrected chi connectivity index (χ1v) is 13.4. The van der Waals surface area contributed by atoms with Gasteiger partial charge >= 0.3 is 6.18 Å². The Kier molecular flexibility index (Phi) is 6.75. The molecule has 4 aromatic rings. The van der Waals surface area contributed by atoms with Crippen LogP contribution in [-0.4, -0.2) is 73.8 Å². The number of piperidine rings is 1. The highest BCUT2D eigenvalue weighted by atomic mass is 19.4. The van der Waals surface area contributed by atoms with Crippen molar-refractivity contribution < 1.29 is 26.9 Å². The molecule has 1 amide bonds. The smallest absolute Gasteiger partial charge is 0.379 e. The maximum absolute atomic E-state index is 14.7. The number of rotatable bonds is 8. The molecule has 4 heterocycles. The van der Waals surface area contributed by atoms with E-state index >= 15 is 0 Å². The molecule has 2 N–H and O–H groups in total. The van der Waals surface area contributed by atoms with Crippen LogP contribution >= 0.6 is 0 Å². The monoisotopic (exact) mass is 574 g/mol. The van der Waals surface area contributed by atoms with Gasteiger partial charge in [0.1, 0.15) is 12.7 Å². The highest BCUT2D eigenvalue weighted by molar-refractivity contribution is 5.96. The summed E-state index contributed by atoms with van der Waals surface area (Å²) in [6, 6.07) is 6.00. The van der Waals surface area contributed by atoms with E-state index in [2.05, 4.69) is 32.8 Å². The molecule has 0 bridgehead atoms. The van der Waals surface area contributed by atoms with Gasteiger partial charge in [-0.1, -0.05) is 11.2 Å². The molecule has 1 saturated carbocycles. The van der Waals surface area contributed by atoms with E-state index in [4.69, 9.17) is 4.52 Å². The van der Waals surface area contributed by atoms with E-state index in [9.17, 15) is 22.4 Å². The zero-order chi connectivity index (χ0) is 28.9. The number of fused-ring (bicyclic) bond motifs is 1. The summed E-state index contributed by atoms with van der Waals surface area (Å²) in [6.45, 7) is 1.65. The van der Waals surface area contributed by atoms with Gasteiger partial charge in [0, 0.05) is 30.4 Å². The van der Waals surface area contributed by atoms with Crippen LogP contribution in [0.3, 0.4) is 0 Å². The normalized spacial score (nSPS) is 20.8. The van der Waals surface area contributed by atoms with Crippen LogP contribution in [0.15, 0.2) is 41.2 Å². The lowest BCUT2D eigenvalue weighted by molar-refractivity contribution is -0.139. The molecule has 41 heavy (non-hydrogen) atoms. The topological polar surface area (TPSA) is 106 Å². The van der Waals surface area contributed by atoms with Crippen molar-refractivity contribution in [3.63, 3.8) is 0 Å². The molecule has 0 radical (unpaired) electrons. The Labute approximate surface area is 232 Å². The van der Waals surface area contributed by atoms with E-state index < -0.39 is 24.9 Å². The van der Waals surface area contributed by atoms with Crippen molar-refractivity contribution in [3.05, 3.63) is 48.1 Å². The number of likely N-dealkylation sites (tertiary alicyclic amines) is 1. The second kappa shape index (κ2) is 10.2. The average molecular weight is 575 g/mol. The fourth-order valence-corrected chi connectivity index (χ4v) is 5.20. The summed E-state index contributed by atoms with van der Waals surface area (Å²) in [4.78, 5) is 18.8. The molecule has 0 unspecified atom stereocenters. The summed E-state index contributed by atoms with van der Waals surface area (Å²) in [6.07, 6.45) is 0.0709. The average Bonchev–Trinajstić information content (AvgIpc) is 3.31. The quantitative estimate of drug-likeness (QED) is 0.302. The molecule has 3 aromatic heterocycles.